The topological polar surface area (TPSA) is 6.48 Å². The van der Waals surface area contributed by atoms with Crippen LogP contribution in [0.5, 0.6) is 0 Å². The van der Waals surface area contributed by atoms with Crippen molar-refractivity contribution >= 4 is 78.0 Å². The second-order valence-corrected chi connectivity index (χ2v) is 30.4. The SMILES string of the molecule is CC1CCCC(C)C1c1ccc(N2c3cc(C(C)(C)C)cc4c3B(c3cc(C(C)(C)C)ccc3N4c3ccc(C(C)(C)C)cc3-c3cc(C(C)(C)C)cc(C(C)(C)C)c3)c3sc4ccc(C(C)(C)C)cc4c32)cc1. The normalized spacial score (nSPS) is 18.4. The molecule has 386 valence electrons. The molecule has 10 rings (SSSR count). The van der Waals surface area contributed by atoms with E-state index in [9.17, 15) is 0 Å². The first-order chi connectivity index (χ1) is 34.3. The summed E-state index contributed by atoms with van der Waals surface area (Å²) in [5.41, 5.74) is 22.4. The highest BCUT2D eigenvalue weighted by Gasteiger charge is 2.47. The van der Waals surface area contributed by atoms with Crippen molar-refractivity contribution < 1.29 is 0 Å². The van der Waals surface area contributed by atoms with Gasteiger partial charge >= 0.3 is 0 Å². The Morgan fingerprint density at radius 3 is 1.46 bits per heavy atom. The molecule has 0 saturated heterocycles. The fourth-order valence-electron chi connectivity index (χ4n) is 12.6. The van der Waals surface area contributed by atoms with Crippen LogP contribution in [0.4, 0.5) is 34.1 Å². The summed E-state index contributed by atoms with van der Waals surface area (Å²) in [7, 11) is 0. The van der Waals surface area contributed by atoms with Gasteiger partial charge < -0.3 is 9.80 Å². The zero-order valence-corrected chi connectivity index (χ0v) is 49.9. The van der Waals surface area contributed by atoms with E-state index in [0.717, 1.165) is 0 Å². The summed E-state index contributed by atoms with van der Waals surface area (Å²) in [6, 6.07) is 44.9. The van der Waals surface area contributed by atoms with Gasteiger partial charge in [0.05, 0.1) is 11.4 Å². The molecule has 0 radical (unpaired) electrons. The molecular formula is C70H87BN2S. The Labute approximate surface area is 452 Å². The zero-order valence-electron chi connectivity index (χ0n) is 49.1. The smallest absolute Gasteiger partial charge is 0.264 e. The number of rotatable bonds is 4. The third-order valence-electron chi connectivity index (χ3n) is 17.4. The summed E-state index contributed by atoms with van der Waals surface area (Å²) in [6.45, 7) is 47.7. The van der Waals surface area contributed by atoms with Gasteiger partial charge in [0.2, 0.25) is 0 Å². The van der Waals surface area contributed by atoms with E-state index in [1.54, 1.807) is 0 Å². The molecule has 2 aliphatic heterocycles. The number of nitrogens with zero attached hydrogens (tertiary/aromatic N) is 2. The third kappa shape index (κ3) is 9.19. The van der Waals surface area contributed by atoms with Gasteiger partial charge in [0.15, 0.2) is 0 Å². The van der Waals surface area contributed by atoms with Crippen molar-refractivity contribution in [3.8, 4) is 11.1 Å². The maximum absolute atomic E-state index is 2.71. The van der Waals surface area contributed by atoms with Crippen LogP contribution in [0.25, 0.3) is 21.2 Å². The maximum Gasteiger partial charge on any atom is 0.264 e. The van der Waals surface area contributed by atoms with Crippen molar-refractivity contribution in [3.63, 3.8) is 0 Å². The van der Waals surface area contributed by atoms with E-state index in [-0.39, 0.29) is 39.2 Å². The van der Waals surface area contributed by atoms with Gasteiger partial charge in [-0.05, 0) is 160 Å². The molecule has 1 aromatic heterocycles. The quantitative estimate of drug-likeness (QED) is 0.162. The lowest BCUT2D eigenvalue weighted by Gasteiger charge is -2.45. The van der Waals surface area contributed by atoms with Gasteiger partial charge in [-0.2, -0.15) is 0 Å². The first-order valence-corrected chi connectivity index (χ1v) is 29.0. The third-order valence-corrected chi connectivity index (χ3v) is 18.6. The van der Waals surface area contributed by atoms with Crippen LogP contribution in [-0.2, 0) is 32.5 Å². The molecule has 2 unspecified atom stereocenters. The largest absolute Gasteiger partial charge is 0.311 e. The number of hydrogen-bond acceptors (Lipinski definition) is 3. The van der Waals surface area contributed by atoms with Crippen molar-refractivity contribution in [2.24, 2.45) is 11.8 Å². The van der Waals surface area contributed by atoms with Crippen LogP contribution in [0, 0.1) is 11.8 Å². The van der Waals surface area contributed by atoms with Crippen LogP contribution in [0.2, 0.25) is 0 Å². The van der Waals surface area contributed by atoms with Crippen molar-refractivity contribution in [3.05, 3.63) is 148 Å². The van der Waals surface area contributed by atoms with Gasteiger partial charge in [-0.25, -0.2) is 0 Å². The van der Waals surface area contributed by atoms with E-state index in [1.807, 2.05) is 11.3 Å². The van der Waals surface area contributed by atoms with Crippen LogP contribution in [-0.4, -0.2) is 6.71 Å². The highest BCUT2D eigenvalue weighted by Crippen LogP contribution is 2.53. The number of fused-ring (bicyclic) bond motifs is 6. The Morgan fingerprint density at radius 2 is 0.919 bits per heavy atom. The molecule has 1 fully saturated rings. The molecule has 4 heteroatoms. The number of hydrogen-bond donors (Lipinski definition) is 0. The molecule has 0 amide bonds. The van der Waals surface area contributed by atoms with Crippen LogP contribution in [0.3, 0.4) is 0 Å². The Balaban J connectivity index is 1.34. The minimum atomic E-state index is -0.135. The molecule has 3 aliphatic rings. The van der Waals surface area contributed by atoms with Gasteiger partial charge in [-0.1, -0.05) is 212 Å². The maximum atomic E-state index is 2.71. The molecule has 0 bridgehead atoms. The molecule has 0 N–H and O–H groups in total. The summed E-state index contributed by atoms with van der Waals surface area (Å²) in [5.74, 6) is 1.94. The Bertz CT molecular complexity index is 3260. The predicted molar refractivity (Wildman–Crippen MR) is 328 cm³/mol. The lowest BCUT2D eigenvalue weighted by atomic mass is 9.36. The molecule has 0 spiro atoms. The van der Waals surface area contributed by atoms with Gasteiger partial charge in [0.25, 0.3) is 6.71 Å². The van der Waals surface area contributed by atoms with E-state index in [0.29, 0.717) is 17.8 Å². The van der Waals surface area contributed by atoms with Crippen molar-refractivity contribution in [1.82, 2.24) is 0 Å². The molecule has 7 aromatic rings. The molecule has 3 heterocycles. The Morgan fingerprint density at radius 1 is 0.446 bits per heavy atom. The standard InChI is InChI=1S/C70H87BN2S/c1-42-22-21-23-43(2)61(42)44-24-29-52(30-25-44)72-58-40-51(70(18,19)20)41-59-62(58)71(64-63(72)54-38-47(66(6,7)8)28-33-60(54)74-64)55-39-48(67(9,10)11)27-32-57(55)73(59)56-31-26-46(65(3,4)5)37-53(56)45-34-49(68(12,13)14)36-50(35-45)69(15,16)17/h24-43,61H,21-23H2,1-20H3. The average Bonchev–Trinajstić information content (AvgIpc) is 3.68. The zero-order chi connectivity index (χ0) is 53.6. The molecule has 74 heavy (non-hydrogen) atoms. The van der Waals surface area contributed by atoms with E-state index >= 15 is 0 Å². The van der Waals surface area contributed by atoms with Gasteiger partial charge in [-0.15, -0.1) is 11.3 Å². The summed E-state index contributed by atoms with van der Waals surface area (Å²) in [6.07, 6.45) is 3.96. The second kappa shape index (κ2) is 17.8. The highest BCUT2D eigenvalue weighted by molar-refractivity contribution is 7.33. The fraction of sp³-hybridized carbons (Fsp3) is 0.457. The number of thiophene rings is 1. The van der Waals surface area contributed by atoms with Crippen molar-refractivity contribution in [1.29, 1.82) is 0 Å². The van der Waals surface area contributed by atoms with Crippen LogP contribution < -0.4 is 25.5 Å². The van der Waals surface area contributed by atoms with Crippen LogP contribution >= 0.6 is 11.3 Å². The molecule has 6 aromatic carbocycles. The van der Waals surface area contributed by atoms with E-state index in [1.165, 1.54) is 129 Å². The van der Waals surface area contributed by atoms with Crippen LogP contribution in [0.15, 0.2) is 109 Å². The van der Waals surface area contributed by atoms with E-state index in [4.69, 9.17) is 0 Å². The first-order valence-electron chi connectivity index (χ1n) is 28.2. The Hall–Kier alpha value is -5.06. The average molecular weight is 999 g/mol. The van der Waals surface area contributed by atoms with Crippen LogP contribution in [0.1, 0.15) is 203 Å². The van der Waals surface area contributed by atoms with E-state index < -0.39 is 0 Å². The number of benzene rings is 6. The monoisotopic (exact) mass is 999 g/mol. The minimum Gasteiger partial charge on any atom is -0.311 e. The lowest BCUT2D eigenvalue weighted by molar-refractivity contribution is 0.249. The fourth-order valence-corrected chi connectivity index (χ4v) is 13.9. The number of anilines is 6. The van der Waals surface area contributed by atoms with E-state index in [2.05, 4.69) is 257 Å². The molecule has 1 aliphatic carbocycles. The summed E-state index contributed by atoms with van der Waals surface area (Å²) in [4.78, 5) is 5.42. The lowest BCUT2D eigenvalue weighted by Crippen LogP contribution is -2.60. The second-order valence-electron chi connectivity index (χ2n) is 29.4. The summed E-state index contributed by atoms with van der Waals surface area (Å²) < 4.78 is 2.79. The highest BCUT2D eigenvalue weighted by atomic mass is 32.1. The van der Waals surface area contributed by atoms with Crippen molar-refractivity contribution in [2.45, 2.75) is 196 Å². The molecular weight excluding hydrogens is 912 g/mol. The Kier molecular flexibility index (Phi) is 12.6. The molecule has 2 atom stereocenters. The van der Waals surface area contributed by atoms with Gasteiger partial charge in [0, 0.05) is 43.2 Å². The van der Waals surface area contributed by atoms with Crippen molar-refractivity contribution in [2.75, 3.05) is 9.80 Å². The molecule has 1 saturated carbocycles. The predicted octanol–water partition coefficient (Wildman–Crippen LogP) is 19.0. The minimum absolute atomic E-state index is 0.00184. The first kappa shape index (κ1) is 52.4. The summed E-state index contributed by atoms with van der Waals surface area (Å²) in [5, 5.41) is 1.36. The summed E-state index contributed by atoms with van der Waals surface area (Å²) >= 11 is 2.02. The van der Waals surface area contributed by atoms with Gasteiger partial charge in [-0.3, -0.25) is 0 Å². The van der Waals surface area contributed by atoms with Gasteiger partial charge in [0.1, 0.15) is 0 Å². The molecule has 2 nitrogen and oxygen atoms in total.